The van der Waals surface area contributed by atoms with E-state index in [-0.39, 0.29) is 0 Å². The SMILES string of the molecule is CCCc1nnnn1C(=O)n1cnnn1. The molecular formula is C6H8N8O. The second-order valence-corrected chi connectivity index (χ2v) is 2.79. The lowest BCUT2D eigenvalue weighted by molar-refractivity contribution is 0.236. The second kappa shape index (κ2) is 3.90. The molecule has 2 aromatic heterocycles. The van der Waals surface area contributed by atoms with Gasteiger partial charge in [0.15, 0.2) is 5.82 Å². The molecule has 78 valence electrons. The average Bonchev–Trinajstić information content (AvgIpc) is 2.87. The highest BCUT2D eigenvalue weighted by molar-refractivity contribution is 5.77. The topological polar surface area (TPSA) is 104 Å². The summed E-state index contributed by atoms with van der Waals surface area (Å²) in [6, 6.07) is -0.492. The molecule has 0 bridgehead atoms. The van der Waals surface area contributed by atoms with E-state index in [1.54, 1.807) is 0 Å². The number of aryl methyl sites for hydroxylation is 1. The van der Waals surface area contributed by atoms with Gasteiger partial charge in [-0.25, -0.2) is 4.79 Å². The molecule has 2 heterocycles. The van der Waals surface area contributed by atoms with E-state index in [0.717, 1.165) is 15.8 Å². The number of carbonyl (C=O) groups excluding carboxylic acids is 1. The summed E-state index contributed by atoms with van der Waals surface area (Å²) in [6.45, 7) is 1.97. The summed E-state index contributed by atoms with van der Waals surface area (Å²) in [5.41, 5.74) is 0. The minimum absolute atomic E-state index is 0.492. The van der Waals surface area contributed by atoms with Crippen molar-refractivity contribution < 1.29 is 4.79 Å². The predicted octanol–water partition coefficient (Wildman–Crippen LogP) is -0.872. The van der Waals surface area contributed by atoms with Gasteiger partial charge in [0.2, 0.25) is 0 Å². The first-order valence-corrected chi connectivity index (χ1v) is 4.38. The summed E-state index contributed by atoms with van der Waals surface area (Å²) in [5.74, 6) is 0.498. The number of hydrogen-bond acceptors (Lipinski definition) is 7. The molecule has 0 aliphatic rings. The van der Waals surface area contributed by atoms with Gasteiger partial charge in [0.05, 0.1) is 0 Å². The van der Waals surface area contributed by atoms with Crippen LogP contribution in [0, 0.1) is 0 Å². The predicted molar refractivity (Wildman–Crippen MR) is 45.8 cm³/mol. The third kappa shape index (κ3) is 1.71. The van der Waals surface area contributed by atoms with Gasteiger partial charge >= 0.3 is 6.03 Å². The molecule has 0 saturated carbocycles. The molecule has 0 saturated heterocycles. The van der Waals surface area contributed by atoms with Gasteiger partial charge in [-0.2, -0.15) is 0 Å². The molecule has 0 N–H and O–H groups in total. The molecule has 0 fully saturated rings. The van der Waals surface area contributed by atoms with Crippen molar-refractivity contribution in [3.05, 3.63) is 12.2 Å². The van der Waals surface area contributed by atoms with Crippen LogP contribution in [0.4, 0.5) is 4.79 Å². The fourth-order valence-corrected chi connectivity index (χ4v) is 1.08. The third-order valence-electron chi connectivity index (χ3n) is 1.73. The zero-order valence-corrected chi connectivity index (χ0v) is 7.98. The van der Waals surface area contributed by atoms with Crippen molar-refractivity contribution >= 4 is 6.03 Å². The van der Waals surface area contributed by atoms with E-state index in [9.17, 15) is 4.79 Å². The quantitative estimate of drug-likeness (QED) is 0.590. The van der Waals surface area contributed by atoms with Crippen LogP contribution in [0.2, 0.25) is 0 Å². The summed E-state index contributed by atoms with van der Waals surface area (Å²) in [4.78, 5) is 11.7. The number of hydrogen-bond donors (Lipinski definition) is 0. The van der Waals surface area contributed by atoms with E-state index in [2.05, 4.69) is 31.1 Å². The van der Waals surface area contributed by atoms with Crippen LogP contribution in [0.3, 0.4) is 0 Å². The lowest BCUT2D eigenvalue weighted by atomic mass is 10.3. The van der Waals surface area contributed by atoms with Crippen molar-refractivity contribution in [3.63, 3.8) is 0 Å². The molecule has 2 aromatic rings. The molecule has 0 amide bonds. The zero-order chi connectivity index (χ0) is 10.7. The normalized spacial score (nSPS) is 10.5. The fourth-order valence-electron chi connectivity index (χ4n) is 1.08. The van der Waals surface area contributed by atoms with Gasteiger partial charge in [0, 0.05) is 6.42 Å². The maximum absolute atomic E-state index is 11.7. The average molecular weight is 208 g/mol. The van der Waals surface area contributed by atoms with Crippen LogP contribution in [-0.4, -0.2) is 46.4 Å². The standard InChI is InChI=1S/C6H8N8O/c1-2-3-5-8-10-12-14(5)6(15)13-4-7-9-11-13/h4H,2-3H2,1H3. The van der Waals surface area contributed by atoms with Gasteiger partial charge in [-0.05, 0) is 27.3 Å². The van der Waals surface area contributed by atoms with Gasteiger partial charge in [0.25, 0.3) is 0 Å². The Hall–Kier alpha value is -2.19. The van der Waals surface area contributed by atoms with Crippen LogP contribution in [0.25, 0.3) is 0 Å². The highest BCUT2D eigenvalue weighted by Gasteiger charge is 2.15. The van der Waals surface area contributed by atoms with E-state index in [1.165, 1.54) is 6.33 Å². The van der Waals surface area contributed by atoms with Crippen molar-refractivity contribution in [2.45, 2.75) is 19.8 Å². The monoisotopic (exact) mass is 208 g/mol. The Morgan fingerprint density at radius 1 is 1.40 bits per heavy atom. The van der Waals surface area contributed by atoms with E-state index in [1.807, 2.05) is 6.92 Å². The molecule has 15 heavy (non-hydrogen) atoms. The van der Waals surface area contributed by atoms with Crippen LogP contribution >= 0.6 is 0 Å². The number of rotatable bonds is 2. The molecule has 0 spiro atoms. The number of tetrazole rings is 2. The Kier molecular flexibility index (Phi) is 2.44. The van der Waals surface area contributed by atoms with Crippen LogP contribution in [0.1, 0.15) is 19.2 Å². The molecular weight excluding hydrogens is 200 g/mol. The third-order valence-corrected chi connectivity index (χ3v) is 1.73. The van der Waals surface area contributed by atoms with Gasteiger partial charge < -0.3 is 0 Å². The summed E-state index contributed by atoms with van der Waals surface area (Å²) in [6.07, 6.45) is 2.67. The molecule has 0 unspecified atom stereocenters. The van der Waals surface area contributed by atoms with Crippen LogP contribution < -0.4 is 0 Å². The van der Waals surface area contributed by atoms with Crippen molar-refractivity contribution in [2.24, 2.45) is 0 Å². The largest absolute Gasteiger partial charge is 0.375 e. The first-order valence-electron chi connectivity index (χ1n) is 4.38. The summed E-state index contributed by atoms with van der Waals surface area (Å²) < 4.78 is 2.05. The van der Waals surface area contributed by atoms with Crippen molar-refractivity contribution in [3.8, 4) is 0 Å². The number of nitrogens with zero attached hydrogens (tertiary/aromatic N) is 8. The molecule has 0 atom stereocenters. The first-order chi connectivity index (χ1) is 7.33. The highest BCUT2D eigenvalue weighted by atomic mass is 16.2. The van der Waals surface area contributed by atoms with E-state index in [4.69, 9.17) is 0 Å². The van der Waals surface area contributed by atoms with Crippen molar-refractivity contribution in [1.29, 1.82) is 0 Å². The van der Waals surface area contributed by atoms with Gasteiger partial charge in [-0.3, -0.25) is 0 Å². The summed E-state index contributed by atoms with van der Waals surface area (Å²) in [7, 11) is 0. The Balaban J connectivity index is 2.29. The van der Waals surface area contributed by atoms with Gasteiger partial charge in [-0.15, -0.1) is 19.6 Å². The van der Waals surface area contributed by atoms with E-state index < -0.39 is 6.03 Å². The van der Waals surface area contributed by atoms with Crippen LogP contribution in [-0.2, 0) is 6.42 Å². The maximum Gasteiger partial charge on any atom is 0.375 e. The Bertz CT molecular complexity index is 445. The molecule has 0 radical (unpaired) electrons. The van der Waals surface area contributed by atoms with Crippen LogP contribution in [0.5, 0.6) is 0 Å². The Morgan fingerprint density at radius 3 is 2.93 bits per heavy atom. The van der Waals surface area contributed by atoms with Gasteiger partial charge in [0.1, 0.15) is 6.33 Å². The lowest BCUT2D eigenvalue weighted by Gasteiger charge is -1.99. The molecule has 9 heteroatoms. The minimum atomic E-state index is -0.492. The smallest absolute Gasteiger partial charge is 0.243 e. The highest BCUT2D eigenvalue weighted by Crippen LogP contribution is 1.97. The fraction of sp³-hybridized carbons (Fsp3) is 0.500. The Labute approximate surface area is 84.1 Å². The molecule has 9 nitrogen and oxygen atoms in total. The van der Waals surface area contributed by atoms with E-state index >= 15 is 0 Å². The summed E-state index contributed by atoms with van der Waals surface area (Å²) >= 11 is 0. The first kappa shape index (κ1) is 9.37. The van der Waals surface area contributed by atoms with Crippen molar-refractivity contribution in [2.75, 3.05) is 0 Å². The molecule has 0 aromatic carbocycles. The maximum atomic E-state index is 11.7. The second-order valence-electron chi connectivity index (χ2n) is 2.79. The minimum Gasteiger partial charge on any atom is -0.243 e. The Morgan fingerprint density at radius 2 is 2.27 bits per heavy atom. The summed E-state index contributed by atoms with van der Waals surface area (Å²) in [5, 5.41) is 20.9. The lowest BCUT2D eigenvalue weighted by Crippen LogP contribution is -2.23. The number of carbonyl (C=O) groups is 1. The molecule has 0 aliphatic carbocycles. The molecule has 2 rings (SSSR count). The van der Waals surface area contributed by atoms with Crippen molar-refractivity contribution in [1.82, 2.24) is 40.4 Å². The van der Waals surface area contributed by atoms with E-state index in [0.29, 0.717) is 12.2 Å². The van der Waals surface area contributed by atoms with Gasteiger partial charge in [-0.1, -0.05) is 6.92 Å². The molecule has 0 aliphatic heterocycles. The van der Waals surface area contributed by atoms with Crippen LogP contribution in [0.15, 0.2) is 6.33 Å². The zero-order valence-electron chi connectivity index (χ0n) is 7.98. The number of aromatic nitrogens is 8.